The van der Waals surface area contributed by atoms with E-state index in [1.165, 1.54) is 0 Å². The molecule has 0 atom stereocenters. The topological polar surface area (TPSA) is 107 Å². The zero-order valence-corrected chi connectivity index (χ0v) is 18.2. The molecule has 0 saturated heterocycles. The van der Waals surface area contributed by atoms with Crippen LogP contribution in [0.1, 0.15) is 18.7 Å². The summed E-state index contributed by atoms with van der Waals surface area (Å²) in [6.07, 6.45) is 2.41. The first-order chi connectivity index (χ1) is 15.7. The Bertz CT molecular complexity index is 1210. The molecule has 0 aliphatic carbocycles. The van der Waals surface area contributed by atoms with Crippen molar-refractivity contribution in [2.24, 2.45) is 0 Å². The summed E-state index contributed by atoms with van der Waals surface area (Å²) in [5, 5.41) is 6.78. The van der Waals surface area contributed by atoms with Gasteiger partial charge in [0, 0.05) is 37.7 Å². The molecule has 8 nitrogen and oxygen atoms in total. The van der Waals surface area contributed by atoms with Crippen LogP contribution < -0.4 is 16.4 Å². The van der Waals surface area contributed by atoms with Gasteiger partial charge in [-0.05, 0) is 31.0 Å². The Morgan fingerprint density at radius 3 is 2.66 bits per heavy atom. The normalized spacial score (nSPS) is 11.2. The minimum Gasteiger partial charge on any atom is -0.384 e. The van der Waals surface area contributed by atoms with Crippen molar-refractivity contribution in [2.75, 3.05) is 31.3 Å². The minimum absolute atomic E-state index is 0.199. The van der Waals surface area contributed by atoms with Crippen LogP contribution in [0.4, 0.5) is 16.3 Å². The largest absolute Gasteiger partial charge is 0.384 e. The summed E-state index contributed by atoms with van der Waals surface area (Å²) in [5.41, 5.74) is 9.60. The van der Waals surface area contributed by atoms with Crippen LogP contribution in [0.15, 0.2) is 54.6 Å². The average Bonchev–Trinajstić information content (AvgIpc) is 3.17. The molecule has 2 amide bonds. The third kappa shape index (κ3) is 4.81. The van der Waals surface area contributed by atoms with Crippen LogP contribution in [0.3, 0.4) is 0 Å². The lowest BCUT2D eigenvalue weighted by Gasteiger charge is -2.11. The lowest BCUT2D eigenvalue weighted by atomic mass is 10.2. The maximum Gasteiger partial charge on any atom is 0.319 e. The number of methoxy groups -OCH3 is 1. The molecule has 0 aliphatic rings. The second kappa shape index (κ2) is 10.1. The fourth-order valence-electron chi connectivity index (χ4n) is 3.82. The van der Waals surface area contributed by atoms with E-state index >= 15 is 0 Å². The lowest BCUT2D eigenvalue weighted by molar-refractivity contribution is 0.199. The maximum atomic E-state index is 12.1. The van der Waals surface area contributed by atoms with Crippen LogP contribution in [-0.4, -0.2) is 40.8 Å². The van der Waals surface area contributed by atoms with Crippen LogP contribution in [0.2, 0.25) is 0 Å². The number of para-hydroxylation sites is 2. The first kappa shape index (κ1) is 21.6. The number of nitrogens with one attached hydrogen (secondary N) is 2. The highest BCUT2D eigenvalue weighted by molar-refractivity contribution is 6.06. The van der Waals surface area contributed by atoms with E-state index in [9.17, 15) is 4.79 Å². The monoisotopic (exact) mass is 432 g/mol. The number of imidazole rings is 1. The van der Waals surface area contributed by atoms with Gasteiger partial charge >= 0.3 is 6.03 Å². The van der Waals surface area contributed by atoms with Crippen molar-refractivity contribution < 1.29 is 9.53 Å². The first-order valence-corrected chi connectivity index (χ1v) is 10.8. The van der Waals surface area contributed by atoms with Crippen LogP contribution in [0.25, 0.3) is 21.9 Å². The van der Waals surface area contributed by atoms with E-state index in [2.05, 4.69) is 26.3 Å². The van der Waals surface area contributed by atoms with Gasteiger partial charge in [-0.2, -0.15) is 0 Å². The Hall–Kier alpha value is -3.65. The van der Waals surface area contributed by atoms with Crippen LogP contribution in [0.5, 0.6) is 0 Å². The SMILES string of the molecule is COCCc1nc2c(N)nc3ccccc3c2n1CCCCNC(=O)Nc1ccccc1. The standard InChI is InChI=1S/C24H28N6O2/c1-32-16-13-20-29-21-22(18-11-5-6-12-19(18)28-23(21)25)30(20)15-8-7-14-26-24(31)27-17-9-3-2-4-10-17/h2-6,9-12H,7-8,13-16H2,1H3,(H2,25,28)(H2,26,27,31). The molecule has 2 aromatic carbocycles. The molecule has 32 heavy (non-hydrogen) atoms. The van der Waals surface area contributed by atoms with Crippen molar-refractivity contribution in [3.8, 4) is 0 Å². The number of urea groups is 1. The van der Waals surface area contributed by atoms with E-state index in [1.54, 1.807) is 7.11 Å². The Kier molecular flexibility index (Phi) is 6.81. The van der Waals surface area contributed by atoms with Crippen molar-refractivity contribution in [1.29, 1.82) is 0 Å². The number of carbonyl (C=O) groups excluding carboxylic acids is 1. The zero-order valence-electron chi connectivity index (χ0n) is 18.2. The van der Waals surface area contributed by atoms with Gasteiger partial charge in [0.25, 0.3) is 0 Å². The summed E-state index contributed by atoms with van der Waals surface area (Å²) < 4.78 is 7.50. The summed E-state index contributed by atoms with van der Waals surface area (Å²) in [7, 11) is 1.68. The summed E-state index contributed by atoms with van der Waals surface area (Å²) in [6, 6.07) is 17.2. The van der Waals surface area contributed by atoms with Gasteiger partial charge in [-0.15, -0.1) is 0 Å². The number of unbranched alkanes of at least 4 members (excludes halogenated alkanes) is 1. The van der Waals surface area contributed by atoms with E-state index in [-0.39, 0.29) is 6.03 Å². The number of pyridine rings is 1. The number of amides is 2. The molecule has 0 fully saturated rings. The number of rotatable bonds is 9. The zero-order chi connectivity index (χ0) is 22.3. The van der Waals surface area contributed by atoms with Crippen LogP contribution in [-0.2, 0) is 17.7 Å². The van der Waals surface area contributed by atoms with E-state index < -0.39 is 0 Å². The highest BCUT2D eigenvalue weighted by atomic mass is 16.5. The number of hydrogen-bond donors (Lipinski definition) is 3. The Morgan fingerprint density at radius 1 is 1.06 bits per heavy atom. The lowest BCUT2D eigenvalue weighted by Crippen LogP contribution is -2.29. The fourth-order valence-corrected chi connectivity index (χ4v) is 3.82. The predicted molar refractivity (Wildman–Crippen MR) is 128 cm³/mol. The number of nitrogens with two attached hydrogens (primary N) is 1. The third-order valence-electron chi connectivity index (χ3n) is 5.34. The van der Waals surface area contributed by atoms with Crippen molar-refractivity contribution in [3.63, 3.8) is 0 Å². The molecule has 0 bridgehead atoms. The highest BCUT2D eigenvalue weighted by Crippen LogP contribution is 2.29. The molecule has 4 aromatic rings. The van der Waals surface area contributed by atoms with Gasteiger partial charge in [0.1, 0.15) is 11.3 Å². The summed E-state index contributed by atoms with van der Waals surface area (Å²) in [6.45, 7) is 1.93. The molecule has 166 valence electrons. The number of aryl methyl sites for hydroxylation is 1. The Morgan fingerprint density at radius 2 is 1.84 bits per heavy atom. The van der Waals surface area contributed by atoms with E-state index in [0.717, 1.165) is 52.8 Å². The van der Waals surface area contributed by atoms with Gasteiger partial charge in [0.05, 0.1) is 17.6 Å². The van der Waals surface area contributed by atoms with Crippen molar-refractivity contribution in [2.45, 2.75) is 25.8 Å². The maximum absolute atomic E-state index is 12.1. The summed E-state index contributed by atoms with van der Waals surface area (Å²) in [5.74, 6) is 1.37. The van der Waals surface area contributed by atoms with Gasteiger partial charge in [-0.25, -0.2) is 14.8 Å². The number of ether oxygens (including phenoxy) is 1. The number of nitrogens with zero attached hydrogens (tertiary/aromatic N) is 3. The number of aromatic nitrogens is 3. The molecule has 0 radical (unpaired) electrons. The minimum atomic E-state index is -0.199. The molecule has 8 heteroatoms. The summed E-state index contributed by atoms with van der Waals surface area (Å²) in [4.78, 5) is 21.4. The predicted octanol–water partition coefficient (Wildman–Crippen LogP) is 3.96. The highest BCUT2D eigenvalue weighted by Gasteiger charge is 2.17. The number of anilines is 2. The first-order valence-electron chi connectivity index (χ1n) is 10.8. The Labute approximate surface area is 186 Å². The quantitative estimate of drug-likeness (QED) is 0.347. The fraction of sp³-hybridized carbons (Fsp3) is 0.292. The van der Waals surface area contributed by atoms with E-state index in [0.29, 0.717) is 25.4 Å². The average molecular weight is 433 g/mol. The van der Waals surface area contributed by atoms with Crippen LogP contribution in [0, 0.1) is 0 Å². The van der Waals surface area contributed by atoms with Crippen molar-refractivity contribution >= 4 is 39.5 Å². The molecule has 0 spiro atoms. The molecule has 2 aromatic heterocycles. The smallest absolute Gasteiger partial charge is 0.319 e. The van der Waals surface area contributed by atoms with E-state index in [4.69, 9.17) is 15.5 Å². The van der Waals surface area contributed by atoms with Crippen LogP contribution >= 0.6 is 0 Å². The number of carbonyl (C=O) groups is 1. The van der Waals surface area contributed by atoms with Crippen molar-refractivity contribution in [1.82, 2.24) is 19.9 Å². The molecule has 0 saturated carbocycles. The van der Waals surface area contributed by atoms with Gasteiger partial charge in [0.2, 0.25) is 0 Å². The molecular weight excluding hydrogens is 404 g/mol. The van der Waals surface area contributed by atoms with Gasteiger partial charge in [-0.1, -0.05) is 36.4 Å². The molecule has 4 N–H and O–H groups in total. The van der Waals surface area contributed by atoms with E-state index in [1.807, 2.05) is 48.5 Å². The van der Waals surface area contributed by atoms with Gasteiger partial charge in [0.15, 0.2) is 5.82 Å². The second-order valence-corrected chi connectivity index (χ2v) is 7.59. The van der Waals surface area contributed by atoms with Gasteiger partial charge in [-0.3, -0.25) is 0 Å². The molecule has 2 heterocycles. The molecular formula is C24H28N6O2. The second-order valence-electron chi connectivity index (χ2n) is 7.59. The number of nitrogen functional groups attached to an aromatic ring is 1. The number of benzene rings is 2. The third-order valence-corrected chi connectivity index (χ3v) is 5.34. The number of fused-ring (bicyclic) bond motifs is 3. The summed E-state index contributed by atoms with van der Waals surface area (Å²) >= 11 is 0. The molecule has 0 aliphatic heterocycles. The molecule has 0 unspecified atom stereocenters. The Balaban J connectivity index is 1.45. The molecule has 4 rings (SSSR count). The number of hydrogen-bond acceptors (Lipinski definition) is 5. The van der Waals surface area contributed by atoms with Gasteiger partial charge < -0.3 is 25.7 Å². The van der Waals surface area contributed by atoms with Crippen molar-refractivity contribution in [3.05, 3.63) is 60.4 Å².